The molecule has 0 fully saturated rings. The van der Waals surface area contributed by atoms with Crippen molar-refractivity contribution in [1.82, 2.24) is 10.7 Å². The van der Waals surface area contributed by atoms with Crippen LogP contribution < -0.4 is 25.0 Å². The Morgan fingerprint density at radius 2 is 2.12 bits per heavy atom. The highest BCUT2D eigenvalue weighted by Gasteiger charge is 2.12. The summed E-state index contributed by atoms with van der Waals surface area (Å²) in [6.07, 6.45) is 1.47. The minimum absolute atomic E-state index is 0.186. The molecule has 1 heterocycles. The van der Waals surface area contributed by atoms with E-state index in [-0.39, 0.29) is 12.5 Å². The minimum atomic E-state index is -0.449. The van der Waals surface area contributed by atoms with Crippen LogP contribution in [0, 0.1) is 5.82 Å². The number of benzene rings is 2. The fourth-order valence-corrected chi connectivity index (χ4v) is 2.33. The lowest BCUT2D eigenvalue weighted by Crippen LogP contribution is -2.31. The molecule has 0 aliphatic carbocycles. The molecule has 3 rings (SSSR count). The summed E-state index contributed by atoms with van der Waals surface area (Å²) < 4.78 is 29.0. The first-order valence-corrected chi connectivity index (χ1v) is 7.85. The van der Waals surface area contributed by atoms with Gasteiger partial charge in [-0.3, -0.25) is 5.43 Å². The maximum absolute atomic E-state index is 13.6. The van der Waals surface area contributed by atoms with Gasteiger partial charge in [0, 0.05) is 6.54 Å². The Balaban J connectivity index is 1.48. The zero-order chi connectivity index (χ0) is 17.6. The Morgan fingerprint density at radius 1 is 1.28 bits per heavy atom. The van der Waals surface area contributed by atoms with Crippen LogP contribution in [0.2, 0.25) is 0 Å². The van der Waals surface area contributed by atoms with Crippen molar-refractivity contribution in [2.24, 2.45) is 5.10 Å². The zero-order valence-electron chi connectivity index (χ0n) is 13.4. The molecule has 2 aromatic carbocycles. The van der Waals surface area contributed by atoms with E-state index in [9.17, 15) is 4.39 Å². The first-order chi connectivity index (χ1) is 12.2. The number of rotatable bonds is 5. The maximum Gasteiger partial charge on any atom is 0.231 e. The topological polar surface area (TPSA) is 64.1 Å². The van der Waals surface area contributed by atoms with Crippen molar-refractivity contribution in [1.29, 1.82) is 0 Å². The van der Waals surface area contributed by atoms with Crippen LogP contribution in [0.5, 0.6) is 17.2 Å². The van der Waals surface area contributed by atoms with E-state index in [1.54, 1.807) is 6.07 Å². The van der Waals surface area contributed by atoms with Crippen molar-refractivity contribution >= 4 is 23.5 Å². The van der Waals surface area contributed by atoms with Crippen molar-refractivity contribution in [3.8, 4) is 17.2 Å². The molecule has 8 heteroatoms. The molecule has 0 bridgehead atoms. The number of nitrogens with zero attached hydrogens (tertiary/aromatic N) is 1. The molecule has 2 aromatic rings. The fourth-order valence-electron chi connectivity index (χ4n) is 2.20. The summed E-state index contributed by atoms with van der Waals surface area (Å²) in [6.45, 7) is 0.752. The van der Waals surface area contributed by atoms with Crippen LogP contribution in [-0.2, 0) is 6.54 Å². The van der Waals surface area contributed by atoms with Gasteiger partial charge in [0.1, 0.15) is 0 Å². The largest absolute Gasteiger partial charge is 0.494 e. The Hall–Kier alpha value is -2.87. The predicted molar refractivity (Wildman–Crippen MR) is 95.7 cm³/mol. The third-order valence-corrected chi connectivity index (χ3v) is 3.68. The van der Waals surface area contributed by atoms with Crippen molar-refractivity contribution in [2.45, 2.75) is 6.54 Å². The lowest BCUT2D eigenvalue weighted by Gasteiger charge is -2.07. The number of thiocarbonyl (C=S) groups is 1. The molecule has 0 radical (unpaired) electrons. The van der Waals surface area contributed by atoms with Gasteiger partial charge in [0.15, 0.2) is 28.2 Å². The lowest BCUT2D eigenvalue weighted by atomic mass is 10.2. The highest BCUT2D eigenvalue weighted by Crippen LogP contribution is 2.32. The molecule has 0 unspecified atom stereocenters. The van der Waals surface area contributed by atoms with Gasteiger partial charge >= 0.3 is 0 Å². The molecular weight excluding hydrogens is 345 g/mol. The van der Waals surface area contributed by atoms with Gasteiger partial charge < -0.3 is 19.5 Å². The molecule has 0 saturated heterocycles. The Kier molecular flexibility index (Phi) is 5.30. The smallest absolute Gasteiger partial charge is 0.231 e. The van der Waals surface area contributed by atoms with Gasteiger partial charge in [-0.2, -0.15) is 5.10 Å². The van der Waals surface area contributed by atoms with Crippen molar-refractivity contribution in [2.75, 3.05) is 13.9 Å². The summed E-state index contributed by atoms with van der Waals surface area (Å²) in [5.74, 6) is 1.19. The third kappa shape index (κ3) is 4.36. The summed E-state index contributed by atoms with van der Waals surface area (Å²) in [6, 6.07) is 10.2. The molecule has 0 saturated carbocycles. The average molecular weight is 361 g/mol. The van der Waals surface area contributed by atoms with Crippen molar-refractivity contribution < 1.29 is 18.6 Å². The van der Waals surface area contributed by atoms with Crippen LogP contribution in [0.1, 0.15) is 11.1 Å². The molecule has 0 spiro atoms. The van der Waals surface area contributed by atoms with Crippen LogP contribution >= 0.6 is 12.2 Å². The number of methoxy groups -OCH3 is 1. The molecule has 6 nitrogen and oxygen atoms in total. The van der Waals surface area contributed by atoms with E-state index in [0.717, 1.165) is 17.1 Å². The minimum Gasteiger partial charge on any atom is -0.494 e. The summed E-state index contributed by atoms with van der Waals surface area (Å²) in [7, 11) is 1.41. The summed E-state index contributed by atoms with van der Waals surface area (Å²) >= 11 is 5.15. The number of ether oxygens (including phenoxy) is 3. The van der Waals surface area contributed by atoms with Gasteiger partial charge in [-0.1, -0.05) is 6.07 Å². The number of hydrazone groups is 1. The maximum atomic E-state index is 13.6. The number of hydrogen-bond donors (Lipinski definition) is 2. The SMILES string of the molecule is COc1ccc(/C=N\NC(=S)NCc2ccc3c(c2)OCO3)cc1F. The number of hydrogen-bond acceptors (Lipinski definition) is 5. The van der Waals surface area contributed by atoms with Gasteiger partial charge in [-0.05, 0) is 53.7 Å². The molecule has 1 aliphatic rings. The predicted octanol–water partition coefficient (Wildman–Crippen LogP) is 2.56. The molecule has 0 amide bonds. The second kappa shape index (κ2) is 7.80. The van der Waals surface area contributed by atoms with Gasteiger partial charge in [-0.25, -0.2) is 4.39 Å². The van der Waals surface area contributed by atoms with Crippen LogP contribution in [0.4, 0.5) is 4.39 Å². The van der Waals surface area contributed by atoms with Gasteiger partial charge in [0.05, 0.1) is 13.3 Å². The van der Waals surface area contributed by atoms with Crippen LogP contribution in [0.15, 0.2) is 41.5 Å². The lowest BCUT2D eigenvalue weighted by molar-refractivity contribution is 0.174. The van der Waals surface area contributed by atoms with E-state index in [1.165, 1.54) is 25.5 Å². The average Bonchev–Trinajstić information content (AvgIpc) is 3.08. The Morgan fingerprint density at radius 3 is 2.92 bits per heavy atom. The molecule has 2 N–H and O–H groups in total. The fraction of sp³-hybridized carbons (Fsp3) is 0.176. The second-order valence-electron chi connectivity index (χ2n) is 5.13. The van der Waals surface area contributed by atoms with E-state index in [0.29, 0.717) is 17.2 Å². The summed E-state index contributed by atoms with van der Waals surface area (Å²) in [5.41, 5.74) is 4.26. The van der Waals surface area contributed by atoms with E-state index >= 15 is 0 Å². The molecule has 0 atom stereocenters. The Bertz CT molecular complexity index is 814. The van der Waals surface area contributed by atoms with E-state index in [4.69, 9.17) is 26.4 Å². The number of halogens is 1. The van der Waals surface area contributed by atoms with Gasteiger partial charge in [0.25, 0.3) is 0 Å². The quantitative estimate of drug-likeness (QED) is 0.485. The first kappa shape index (κ1) is 17.0. The van der Waals surface area contributed by atoms with Gasteiger partial charge in [0.2, 0.25) is 6.79 Å². The molecular formula is C17H16FN3O3S. The van der Waals surface area contributed by atoms with Gasteiger partial charge in [-0.15, -0.1) is 0 Å². The summed E-state index contributed by atoms with van der Waals surface area (Å²) in [4.78, 5) is 0. The highest BCUT2D eigenvalue weighted by atomic mass is 32.1. The number of nitrogens with one attached hydrogen (secondary N) is 2. The van der Waals surface area contributed by atoms with Crippen molar-refractivity contribution in [3.05, 3.63) is 53.3 Å². The monoisotopic (exact) mass is 361 g/mol. The molecule has 0 aromatic heterocycles. The Labute approximate surface area is 149 Å². The first-order valence-electron chi connectivity index (χ1n) is 7.44. The summed E-state index contributed by atoms with van der Waals surface area (Å²) in [5, 5.41) is 7.35. The second-order valence-corrected chi connectivity index (χ2v) is 5.54. The molecule has 25 heavy (non-hydrogen) atoms. The molecule has 1 aliphatic heterocycles. The standard InChI is InChI=1S/C17H16FN3O3S/c1-22-14-4-2-11(6-13(14)18)9-20-21-17(25)19-8-12-3-5-15-16(7-12)24-10-23-15/h2-7,9H,8,10H2,1H3,(H2,19,21,25)/b20-9-. The normalized spacial score (nSPS) is 12.2. The zero-order valence-corrected chi connectivity index (χ0v) is 14.2. The van der Waals surface area contributed by atoms with E-state index in [2.05, 4.69) is 15.8 Å². The van der Waals surface area contributed by atoms with Crippen LogP contribution in [0.25, 0.3) is 0 Å². The van der Waals surface area contributed by atoms with Crippen molar-refractivity contribution in [3.63, 3.8) is 0 Å². The van der Waals surface area contributed by atoms with E-state index in [1.807, 2.05) is 18.2 Å². The molecule has 130 valence electrons. The van der Waals surface area contributed by atoms with Crippen LogP contribution in [-0.4, -0.2) is 25.2 Å². The van der Waals surface area contributed by atoms with E-state index < -0.39 is 5.82 Å². The number of fused-ring (bicyclic) bond motifs is 1. The third-order valence-electron chi connectivity index (χ3n) is 3.45. The van der Waals surface area contributed by atoms with Crippen LogP contribution in [0.3, 0.4) is 0 Å². The highest BCUT2D eigenvalue weighted by molar-refractivity contribution is 7.80.